The first-order valence-electron chi connectivity index (χ1n) is 14.8. The quantitative estimate of drug-likeness (QED) is 0.303. The molecule has 0 atom stereocenters. The van der Waals surface area contributed by atoms with Gasteiger partial charge in [0.15, 0.2) is 17.3 Å². The van der Waals surface area contributed by atoms with Gasteiger partial charge in [0.25, 0.3) is 0 Å². The summed E-state index contributed by atoms with van der Waals surface area (Å²) in [4.78, 5) is 34.8. The molecule has 0 saturated heterocycles. The molecule has 0 radical (unpaired) electrons. The van der Waals surface area contributed by atoms with Crippen LogP contribution in [-0.2, 0) is 16.0 Å². The molecule has 0 spiro atoms. The van der Waals surface area contributed by atoms with Gasteiger partial charge in [0.05, 0.1) is 0 Å². The highest BCUT2D eigenvalue weighted by Crippen LogP contribution is 2.29. The Kier molecular flexibility index (Phi) is 13.2. The van der Waals surface area contributed by atoms with Crippen LogP contribution in [0.15, 0.2) is 59.2 Å². The van der Waals surface area contributed by atoms with E-state index in [1.165, 1.54) is 12.0 Å². The highest BCUT2D eigenvalue weighted by Gasteiger charge is 2.23. The molecule has 3 heteroatoms. The first-order valence-corrected chi connectivity index (χ1v) is 14.8. The molecule has 2 saturated carbocycles. The van der Waals surface area contributed by atoms with Crippen molar-refractivity contribution in [2.24, 2.45) is 16.2 Å². The molecule has 222 valence electrons. The maximum atomic E-state index is 12.2. The summed E-state index contributed by atoms with van der Waals surface area (Å²) < 4.78 is 0. The predicted molar refractivity (Wildman–Crippen MR) is 171 cm³/mol. The van der Waals surface area contributed by atoms with Gasteiger partial charge < -0.3 is 0 Å². The van der Waals surface area contributed by atoms with Gasteiger partial charge in [-0.25, -0.2) is 0 Å². The summed E-state index contributed by atoms with van der Waals surface area (Å²) in [6.07, 6.45) is 15.1. The molecule has 1 aromatic rings. The van der Waals surface area contributed by atoms with Crippen LogP contribution < -0.4 is 0 Å². The molecule has 0 bridgehead atoms. The molecule has 0 unspecified atom stereocenters. The Morgan fingerprint density at radius 1 is 0.525 bits per heavy atom. The molecule has 0 heterocycles. The van der Waals surface area contributed by atoms with Crippen LogP contribution in [0.3, 0.4) is 0 Å². The highest BCUT2D eigenvalue weighted by atomic mass is 16.1. The molecular formula is C37H56O3. The van der Waals surface area contributed by atoms with Gasteiger partial charge in [-0.15, -0.1) is 0 Å². The number of fused-ring (bicyclic) bond motifs is 1. The lowest BCUT2D eigenvalue weighted by Crippen LogP contribution is -2.16. The van der Waals surface area contributed by atoms with Crippen LogP contribution in [0.4, 0.5) is 0 Å². The van der Waals surface area contributed by atoms with Crippen LogP contribution in [0.25, 0.3) is 0 Å². The van der Waals surface area contributed by atoms with Gasteiger partial charge in [0, 0.05) is 18.4 Å². The molecule has 40 heavy (non-hydrogen) atoms. The van der Waals surface area contributed by atoms with E-state index in [1.807, 2.05) is 18.2 Å². The number of aryl methyl sites for hydroxylation is 1. The van der Waals surface area contributed by atoms with E-state index in [0.29, 0.717) is 11.6 Å². The van der Waals surface area contributed by atoms with Crippen molar-refractivity contribution >= 4 is 17.3 Å². The number of rotatable bonds is 0. The Bertz CT molecular complexity index is 1120. The number of hydrogen-bond acceptors (Lipinski definition) is 3. The fraction of sp³-hybridized carbons (Fsp3) is 0.595. The third-order valence-corrected chi connectivity index (χ3v) is 6.71. The Labute approximate surface area is 245 Å². The molecule has 2 fully saturated rings. The van der Waals surface area contributed by atoms with Crippen molar-refractivity contribution in [1.82, 2.24) is 0 Å². The minimum Gasteiger partial charge on any atom is -0.295 e. The van der Waals surface area contributed by atoms with E-state index in [4.69, 9.17) is 0 Å². The monoisotopic (exact) mass is 548 g/mol. The van der Waals surface area contributed by atoms with E-state index in [-0.39, 0.29) is 29.5 Å². The van der Waals surface area contributed by atoms with Crippen LogP contribution in [0.1, 0.15) is 137 Å². The van der Waals surface area contributed by atoms with Gasteiger partial charge in [-0.1, -0.05) is 112 Å². The summed E-state index contributed by atoms with van der Waals surface area (Å²) in [5, 5.41) is 0. The summed E-state index contributed by atoms with van der Waals surface area (Å²) >= 11 is 0. The summed E-state index contributed by atoms with van der Waals surface area (Å²) in [5.74, 6) is 0.952. The molecular weight excluding hydrogens is 492 g/mol. The molecule has 0 N–H and O–H groups in total. The number of allylic oxidation sites excluding steroid dienone is 6. The highest BCUT2D eigenvalue weighted by molar-refractivity contribution is 6.10. The van der Waals surface area contributed by atoms with Gasteiger partial charge in [0.1, 0.15) is 0 Å². The fourth-order valence-corrected chi connectivity index (χ4v) is 5.17. The average molecular weight is 549 g/mol. The van der Waals surface area contributed by atoms with E-state index in [1.54, 1.807) is 0 Å². The van der Waals surface area contributed by atoms with E-state index >= 15 is 0 Å². The minimum atomic E-state index is 0. The van der Waals surface area contributed by atoms with Crippen molar-refractivity contribution in [1.29, 1.82) is 0 Å². The van der Waals surface area contributed by atoms with E-state index in [9.17, 15) is 14.4 Å². The normalized spacial score (nSPS) is 20.8. The number of benzene rings is 1. The number of carbonyl (C=O) groups is 3. The summed E-state index contributed by atoms with van der Waals surface area (Å²) in [6.45, 7) is 19.2. The van der Waals surface area contributed by atoms with Crippen molar-refractivity contribution in [3.05, 3.63) is 70.3 Å². The first kappa shape index (κ1) is 35.5. The number of ketones is 3. The molecule has 4 rings (SSSR count). The molecule has 3 nitrogen and oxygen atoms in total. The Hall–Kier alpha value is -2.55. The lowest BCUT2D eigenvalue weighted by atomic mass is 9.83. The van der Waals surface area contributed by atoms with E-state index in [0.717, 1.165) is 73.6 Å². The minimum absolute atomic E-state index is 0. The second kappa shape index (κ2) is 14.9. The van der Waals surface area contributed by atoms with Gasteiger partial charge in [-0.3, -0.25) is 14.4 Å². The Morgan fingerprint density at radius 2 is 0.950 bits per heavy atom. The maximum absolute atomic E-state index is 12.2. The lowest BCUT2D eigenvalue weighted by Gasteiger charge is -2.21. The van der Waals surface area contributed by atoms with E-state index < -0.39 is 0 Å². The SMILES string of the molecule is C.CC(C)(C)C=C1CCCC1=O.CC(C)(C)C=C1CCCCC1=O.CC(C)(C)C=C1CCc2ccccc2C1=O. The molecule has 0 amide bonds. The van der Waals surface area contributed by atoms with Crippen molar-refractivity contribution in [2.45, 2.75) is 128 Å². The molecule has 0 aliphatic heterocycles. The summed E-state index contributed by atoms with van der Waals surface area (Å²) in [5.41, 5.74) is 5.58. The van der Waals surface area contributed by atoms with Crippen LogP contribution in [0, 0.1) is 16.2 Å². The number of carbonyl (C=O) groups excluding carboxylic acids is 3. The fourth-order valence-electron chi connectivity index (χ4n) is 5.17. The first-order chi connectivity index (χ1) is 18.0. The third kappa shape index (κ3) is 12.7. The Balaban J connectivity index is 0.000000303. The largest absolute Gasteiger partial charge is 0.295 e. The second-order valence-corrected chi connectivity index (χ2v) is 14.5. The zero-order chi connectivity index (χ0) is 29.4. The van der Waals surface area contributed by atoms with Gasteiger partial charge in [0.2, 0.25) is 0 Å². The molecule has 1 aromatic carbocycles. The van der Waals surface area contributed by atoms with Gasteiger partial charge in [-0.2, -0.15) is 0 Å². The average Bonchev–Trinajstić information content (AvgIpc) is 3.19. The van der Waals surface area contributed by atoms with Crippen molar-refractivity contribution < 1.29 is 14.4 Å². The second-order valence-electron chi connectivity index (χ2n) is 14.5. The Morgan fingerprint density at radius 3 is 1.40 bits per heavy atom. The van der Waals surface area contributed by atoms with Crippen LogP contribution in [-0.4, -0.2) is 17.3 Å². The maximum Gasteiger partial charge on any atom is 0.188 e. The predicted octanol–water partition coefficient (Wildman–Crippen LogP) is 10.2. The molecule has 3 aliphatic rings. The van der Waals surface area contributed by atoms with Gasteiger partial charge in [-0.05, 0) is 83.5 Å². The van der Waals surface area contributed by atoms with Crippen molar-refractivity contribution in [3.8, 4) is 0 Å². The lowest BCUT2D eigenvalue weighted by molar-refractivity contribution is -0.116. The van der Waals surface area contributed by atoms with Crippen molar-refractivity contribution in [3.63, 3.8) is 0 Å². The van der Waals surface area contributed by atoms with Crippen LogP contribution in [0.5, 0.6) is 0 Å². The summed E-state index contributed by atoms with van der Waals surface area (Å²) in [7, 11) is 0. The number of hydrogen-bond donors (Lipinski definition) is 0. The third-order valence-electron chi connectivity index (χ3n) is 6.71. The molecule has 3 aliphatic carbocycles. The topological polar surface area (TPSA) is 51.2 Å². The zero-order valence-electron chi connectivity index (χ0n) is 26.1. The zero-order valence-corrected chi connectivity index (χ0v) is 26.1. The van der Waals surface area contributed by atoms with Crippen LogP contribution >= 0.6 is 0 Å². The molecule has 0 aromatic heterocycles. The van der Waals surface area contributed by atoms with Crippen molar-refractivity contribution in [2.75, 3.05) is 0 Å². The smallest absolute Gasteiger partial charge is 0.188 e. The van der Waals surface area contributed by atoms with Gasteiger partial charge >= 0.3 is 0 Å². The summed E-state index contributed by atoms with van der Waals surface area (Å²) in [6, 6.07) is 7.94. The number of Topliss-reactive ketones (excluding diaryl/α,β-unsaturated/α-hetero) is 3. The standard InChI is InChI=1S/C15H18O.C11H18O.C10H16O.CH4/c1-15(2,3)10-12-9-8-11-6-4-5-7-13(11)14(12)16;1-11(2,3)8-9-6-4-5-7-10(9)12;1-10(2,3)7-8-5-4-6-9(8)11;/h4-7,10H,8-9H2,1-3H3;8H,4-7H2,1-3H3;7H,4-6H2,1-3H3;1H4. The van der Waals surface area contributed by atoms with Crippen LogP contribution in [0.2, 0.25) is 0 Å². The van der Waals surface area contributed by atoms with E-state index in [2.05, 4.69) is 86.6 Å².